The summed E-state index contributed by atoms with van der Waals surface area (Å²) in [6, 6.07) is 0. The molecule has 0 saturated carbocycles. The quantitative estimate of drug-likeness (QED) is 0.357. The molecule has 56 valence electrons. The van der Waals surface area contributed by atoms with E-state index in [2.05, 4.69) is 0 Å². The Labute approximate surface area is 111 Å². The van der Waals surface area contributed by atoms with Crippen LogP contribution in [0.4, 0.5) is 0 Å². The maximum absolute atomic E-state index is 8.59. The van der Waals surface area contributed by atoms with E-state index in [0.717, 1.165) is 0 Å². The predicted molar refractivity (Wildman–Crippen MR) is 13.8 cm³/mol. The summed E-state index contributed by atoms with van der Waals surface area (Å²) in [5, 5.41) is 0. The van der Waals surface area contributed by atoms with Crippen LogP contribution in [-0.2, 0) is -1.12 Å². The third-order valence-electron chi connectivity index (χ3n) is 0. The topological polar surface area (TPSA) is 191 Å². The Balaban J connectivity index is -0.00000000571. The molecule has 10 heteroatoms. The molecule has 10 heavy (non-hydrogen) atoms. The summed E-state index contributed by atoms with van der Waals surface area (Å²) in [6.07, 6.45) is 0. The van der Waals surface area contributed by atoms with Crippen LogP contribution in [0.3, 0.4) is 0 Å². The van der Waals surface area contributed by atoms with Crippen LogP contribution in [0.15, 0.2) is 0 Å². The van der Waals surface area contributed by atoms with Gasteiger partial charge in [0.25, 0.3) is 0 Å². The standard InChI is InChI=1S/2K.4H2O.4O/h;;4*1H2;;;;/q2*+1;;;;;;;;/p-2. The maximum atomic E-state index is 8.59. The van der Waals surface area contributed by atoms with Crippen LogP contribution in [-0.4, -0.2) is 21.9 Å². The van der Waals surface area contributed by atoms with E-state index in [1.165, 1.54) is 0 Å². The predicted octanol–water partition coefficient (Wildman–Crippen LogP) is -8.47. The summed E-state index contributed by atoms with van der Waals surface area (Å²) in [6.45, 7) is 0. The van der Waals surface area contributed by atoms with Gasteiger partial charge in [0.2, 0.25) is 0 Å². The summed E-state index contributed by atoms with van der Waals surface area (Å²) >= 11 is -5.12. The van der Waals surface area contributed by atoms with Gasteiger partial charge in [-0.15, -0.1) is 0 Å². The van der Waals surface area contributed by atoms with Gasteiger partial charge in [-0.2, -0.15) is 0 Å². The Morgan fingerprint density at radius 1 is 0.600 bits per heavy atom. The molecule has 0 aliphatic carbocycles. The van der Waals surface area contributed by atoms with E-state index >= 15 is 0 Å². The van der Waals surface area contributed by atoms with Crippen molar-refractivity contribution in [1.29, 1.82) is 0 Å². The van der Waals surface area contributed by atoms with Crippen molar-refractivity contribution in [1.82, 2.24) is 0 Å². The molecule has 8 nitrogen and oxygen atoms in total. The summed E-state index contributed by atoms with van der Waals surface area (Å²) in [7, 11) is 0. The molecule has 8 radical (unpaired) electrons. The third-order valence-corrected chi connectivity index (χ3v) is 0. The SMILES string of the molecule is O.O.[OH-].[OH-].[O]=[K+]=[O].[O]=[K+]=[O]. The number of hydrogen-bond donors (Lipinski definition) is 0. The van der Waals surface area contributed by atoms with Gasteiger partial charge >= 0.3 is 92.7 Å². The van der Waals surface area contributed by atoms with Crippen molar-refractivity contribution in [3.05, 3.63) is 0 Å². The minimum atomic E-state index is -2.56. The molecule has 0 aliphatic heterocycles. The second-order valence-electron chi connectivity index (χ2n) is 0.333. The first kappa shape index (κ1) is 39.5. The normalized spacial score (nSPS) is 1.60. The van der Waals surface area contributed by atoms with Crippen molar-refractivity contribution in [2.24, 2.45) is 0 Å². The molecule has 0 saturated heterocycles. The van der Waals surface area contributed by atoms with Gasteiger partial charge in [0.05, 0.1) is 0 Å². The molecule has 0 aromatic heterocycles. The number of rotatable bonds is 0. The van der Waals surface area contributed by atoms with Gasteiger partial charge in [0.1, 0.15) is 0 Å². The van der Waals surface area contributed by atoms with Gasteiger partial charge in [0.15, 0.2) is 0 Å². The first-order valence-electron chi connectivity index (χ1n) is 1.63. The van der Waals surface area contributed by atoms with Gasteiger partial charge in [-0.25, -0.2) is 0 Å². The summed E-state index contributed by atoms with van der Waals surface area (Å²) < 4.78 is 34.4. The Hall–Kier alpha value is 2.31. The van der Waals surface area contributed by atoms with E-state index in [1.807, 2.05) is 0 Å². The fourth-order valence-corrected chi connectivity index (χ4v) is 0. The fraction of sp³-hybridized carbons (Fsp3) is 0. The molecule has 0 rings (SSSR count). The molecule has 0 aliphatic rings. The molecule has 6 N–H and O–H groups in total. The zero-order valence-corrected chi connectivity index (χ0v) is 11.8. The zero-order chi connectivity index (χ0) is 5.41. The Bertz CT molecular complexity index is 61.3. The average molecular weight is 212 g/mol. The van der Waals surface area contributed by atoms with Gasteiger partial charge in [-0.3, -0.25) is 0 Å². The third kappa shape index (κ3) is 167. The van der Waals surface area contributed by atoms with E-state index in [4.69, 9.17) is -1.12 Å². The van der Waals surface area contributed by atoms with Crippen molar-refractivity contribution in [3.63, 3.8) is 0 Å². The van der Waals surface area contributed by atoms with Crippen molar-refractivity contribution in [3.8, 4) is 0 Å². The van der Waals surface area contributed by atoms with Gasteiger partial charge in [0, 0.05) is 0 Å². The molecule has 0 atom stereocenters. The first-order chi connectivity index (χ1) is 2.83. The Morgan fingerprint density at radius 3 is 0.600 bits per heavy atom. The van der Waals surface area contributed by atoms with Gasteiger partial charge in [-0.1, -0.05) is 0 Å². The molecule has 0 amide bonds. The van der Waals surface area contributed by atoms with Crippen LogP contribution < -0.4 is 93.8 Å². The van der Waals surface area contributed by atoms with Crippen LogP contribution in [0.1, 0.15) is 0 Å². The van der Waals surface area contributed by atoms with Crippen LogP contribution in [0.5, 0.6) is 0 Å². The minimum absolute atomic E-state index is 0. The van der Waals surface area contributed by atoms with Gasteiger partial charge < -0.3 is 21.9 Å². The van der Waals surface area contributed by atoms with Crippen molar-refractivity contribution >= 4 is 0 Å². The molecule has 0 aromatic carbocycles. The van der Waals surface area contributed by atoms with E-state index < -0.39 is 93.8 Å². The molecule has 0 bridgehead atoms. The van der Waals surface area contributed by atoms with Crippen LogP contribution in [0.25, 0.3) is 0 Å². The molecule has 0 fully saturated rings. The van der Waals surface area contributed by atoms with E-state index in [1.54, 1.807) is 0 Å². The van der Waals surface area contributed by atoms with Crippen LogP contribution in [0.2, 0.25) is 0 Å². The average Bonchev–Trinajstić information content (AvgIpc) is 1.39. The van der Waals surface area contributed by atoms with E-state index in [-0.39, 0.29) is 21.9 Å². The van der Waals surface area contributed by atoms with E-state index in [9.17, 15) is 0 Å². The molecular formula is H6K2O8. The molecular weight excluding hydrogens is 206 g/mol. The second-order valence-corrected chi connectivity index (χ2v) is 1.37. The zero-order valence-electron chi connectivity index (χ0n) is 5.53. The summed E-state index contributed by atoms with van der Waals surface area (Å²) in [4.78, 5) is 0. The van der Waals surface area contributed by atoms with Crippen molar-refractivity contribution in [2.75, 3.05) is 0 Å². The monoisotopic (exact) mass is 212 g/mol. The Kier molecular flexibility index (Phi) is 256. The van der Waals surface area contributed by atoms with Crippen molar-refractivity contribution in [2.45, 2.75) is 0 Å². The number of hydrogen-bond acceptors (Lipinski definition) is 6. The summed E-state index contributed by atoms with van der Waals surface area (Å²) in [5.41, 5.74) is 0. The Morgan fingerprint density at radius 2 is 0.600 bits per heavy atom. The molecule has 0 aromatic rings. The first-order valence-corrected chi connectivity index (χ1v) is 6.73. The van der Waals surface area contributed by atoms with Crippen molar-refractivity contribution < 1.29 is 115 Å². The fourth-order valence-electron chi connectivity index (χ4n) is 0. The second kappa shape index (κ2) is 64.7. The van der Waals surface area contributed by atoms with Crippen LogP contribution >= 0.6 is 0 Å². The van der Waals surface area contributed by atoms with Gasteiger partial charge in [-0.05, 0) is 0 Å². The van der Waals surface area contributed by atoms with Crippen LogP contribution in [0, 0.1) is 0 Å². The van der Waals surface area contributed by atoms with E-state index in [0.29, 0.717) is 0 Å². The molecule has 0 spiro atoms. The summed E-state index contributed by atoms with van der Waals surface area (Å²) in [5.74, 6) is 0. The molecule has 0 heterocycles. The molecule has 0 unspecified atom stereocenters.